The standard InChI is InChI=1S/C26H34O2/c1-5-24(26(2,3)4)17-16-23(22-14-10-7-11-15-22)20-25(27)28-19-18-21-12-8-6-9-13-21/h6-15,18-19,23-24H,5,16-17,20H2,1-4H3. The molecule has 2 rings (SSSR count). The molecule has 2 nitrogen and oxygen atoms in total. The third-order valence-corrected chi connectivity index (χ3v) is 5.52. The average Bonchev–Trinajstić information content (AvgIpc) is 2.68. The first-order valence-electron chi connectivity index (χ1n) is 10.4. The van der Waals surface area contributed by atoms with Crippen LogP contribution in [0, 0.1) is 11.3 Å². The maximum Gasteiger partial charge on any atom is 0.311 e. The SMILES string of the molecule is CCC(CCC(CC(=O)OC=Cc1ccccc1)c1ccccc1)C(C)(C)C. The van der Waals surface area contributed by atoms with Gasteiger partial charge in [-0.1, -0.05) is 94.8 Å². The summed E-state index contributed by atoms with van der Waals surface area (Å²) in [6.45, 7) is 9.18. The molecule has 0 aromatic heterocycles. The Bertz CT molecular complexity index is 726. The van der Waals surface area contributed by atoms with E-state index in [9.17, 15) is 4.79 Å². The lowest BCUT2D eigenvalue weighted by molar-refractivity contribution is -0.138. The van der Waals surface area contributed by atoms with Gasteiger partial charge in [0, 0.05) is 0 Å². The lowest BCUT2D eigenvalue weighted by Gasteiger charge is -2.31. The molecule has 0 saturated carbocycles. The predicted molar refractivity (Wildman–Crippen MR) is 118 cm³/mol. The van der Waals surface area contributed by atoms with E-state index in [4.69, 9.17) is 4.74 Å². The first-order valence-corrected chi connectivity index (χ1v) is 10.4. The Labute approximate surface area is 170 Å². The van der Waals surface area contributed by atoms with Crippen LogP contribution in [0.5, 0.6) is 0 Å². The quantitative estimate of drug-likeness (QED) is 0.340. The largest absolute Gasteiger partial charge is 0.434 e. The Morgan fingerprint density at radius 3 is 2.14 bits per heavy atom. The summed E-state index contributed by atoms with van der Waals surface area (Å²) in [5.74, 6) is 0.660. The molecule has 0 N–H and O–H groups in total. The molecule has 0 aliphatic rings. The number of carbonyl (C=O) groups is 1. The van der Waals surface area contributed by atoms with Gasteiger partial charge in [-0.3, -0.25) is 4.79 Å². The monoisotopic (exact) mass is 378 g/mol. The fourth-order valence-corrected chi connectivity index (χ4v) is 3.77. The normalized spacial score (nSPS) is 14.0. The van der Waals surface area contributed by atoms with Crippen molar-refractivity contribution in [2.24, 2.45) is 11.3 Å². The van der Waals surface area contributed by atoms with E-state index in [1.165, 1.54) is 11.8 Å². The molecule has 2 aromatic rings. The molecule has 0 aliphatic heterocycles. The summed E-state index contributed by atoms with van der Waals surface area (Å²) < 4.78 is 5.38. The van der Waals surface area contributed by atoms with Crippen LogP contribution in [0.2, 0.25) is 0 Å². The Hall–Kier alpha value is -2.35. The molecule has 2 heteroatoms. The second-order valence-corrected chi connectivity index (χ2v) is 8.56. The molecule has 2 aromatic carbocycles. The first-order chi connectivity index (χ1) is 13.4. The lowest BCUT2D eigenvalue weighted by atomic mass is 9.74. The number of ether oxygens (including phenoxy) is 1. The highest BCUT2D eigenvalue weighted by molar-refractivity contribution is 5.72. The molecular formula is C26H34O2. The average molecular weight is 379 g/mol. The maximum atomic E-state index is 12.5. The third kappa shape index (κ3) is 7.34. The minimum absolute atomic E-state index is 0.176. The van der Waals surface area contributed by atoms with Gasteiger partial charge >= 0.3 is 5.97 Å². The summed E-state index contributed by atoms with van der Waals surface area (Å²) in [5, 5.41) is 0. The van der Waals surface area contributed by atoms with E-state index in [2.05, 4.69) is 39.8 Å². The summed E-state index contributed by atoms with van der Waals surface area (Å²) >= 11 is 0. The molecule has 0 saturated heterocycles. The molecule has 28 heavy (non-hydrogen) atoms. The Morgan fingerprint density at radius 2 is 1.57 bits per heavy atom. The lowest BCUT2D eigenvalue weighted by Crippen LogP contribution is -2.21. The van der Waals surface area contributed by atoms with Gasteiger partial charge in [0.1, 0.15) is 0 Å². The minimum atomic E-state index is -0.176. The highest BCUT2D eigenvalue weighted by Gasteiger charge is 2.25. The number of carbonyl (C=O) groups excluding carboxylic acids is 1. The van der Waals surface area contributed by atoms with E-state index < -0.39 is 0 Å². The molecular weight excluding hydrogens is 344 g/mol. The number of esters is 1. The van der Waals surface area contributed by atoms with Crippen molar-refractivity contribution in [1.29, 1.82) is 0 Å². The van der Waals surface area contributed by atoms with E-state index in [1.807, 2.05) is 54.6 Å². The fraction of sp³-hybridized carbons (Fsp3) is 0.423. The van der Waals surface area contributed by atoms with Crippen LogP contribution in [0.25, 0.3) is 6.08 Å². The van der Waals surface area contributed by atoms with Gasteiger partial charge in [-0.15, -0.1) is 0 Å². The van der Waals surface area contributed by atoms with E-state index in [1.54, 1.807) is 0 Å². The van der Waals surface area contributed by atoms with Gasteiger partial charge in [-0.05, 0) is 47.3 Å². The summed E-state index contributed by atoms with van der Waals surface area (Å²) in [4.78, 5) is 12.5. The van der Waals surface area contributed by atoms with Gasteiger partial charge in [0.15, 0.2) is 0 Å². The zero-order valence-corrected chi connectivity index (χ0v) is 17.7. The van der Waals surface area contributed by atoms with Crippen molar-refractivity contribution in [3.8, 4) is 0 Å². The molecule has 0 fully saturated rings. The van der Waals surface area contributed by atoms with Gasteiger partial charge in [0.05, 0.1) is 12.7 Å². The van der Waals surface area contributed by atoms with E-state index in [0.29, 0.717) is 12.3 Å². The Balaban J connectivity index is 1.99. The van der Waals surface area contributed by atoms with Crippen molar-refractivity contribution in [3.05, 3.63) is 78.1 Å². The van der Waals surface area contributed by atoms with Gasteiger partial charge in [-0.2, -0.15) is 0 Å². The topological polar surface area (TPSA) is 26.3 Å². The molecule has 0 heterocycles. The Kier molecular flexibility index (Phi) is 8.50. The number of hydrogen-bond acceptors (Lipinski definition) is 2. The second kappa shape index (κ2) is 10.8. The molecule has 0 spiro atoms. The fourth-order valence-electron chi connectivity index (χ4n) is 3.77. The molecule has 0 bridgehead atoms. The van der Waals surface area contributed by atoms with Crippen molar-refractivity contribution >= 4 is 12.0 Å². The highest BCUT2D eigenvalue weighted by Crippen LogP contribution is 2.36. The first kappa shape index (κ1) is 21.9. The van der Waals surface area contributed by atoms with Gasteiger partial charge in [0.25, 0.3) is 0 Å². The predicted octanol–water partition coefficient (Wildman–Crippen LogP) is 7.23. The molecule has 150 valence electrons. The van der Waals surface area contributed by atoms with E-state index in [0.717, 1.165) is 24.8 Å². The van der Waals surface area contributed by atoms with Gasteiger partial charge in [0.2, 0.25) is 0 Å². The summed E-state index contributed by atoms with van der Waals surface area (Å²) in [6, 6.07) is 20.2. The van der Waals surface area contributed by atoms with Crippen molar-refractivity contribution in [3.63, 3.8) is 0 Å². The minimum Gasteiger partial charge on any atom is -0.434 e. The molecule has 0 amide bonds. The van der Waals surface area contributed by atoms with Crippen LogP contribution in [-0.2, 0) is 9.53 Å². The van der Waals surface area contributed by atoms with Crippen molar-refractivity contribution in [2.75, 3.05) is 0 Å². The van der Waals surface area contributed by atoms with Gasteiger partial charge in [-0.25, -0.2) is 0 Å². The highest BCUT2D eigenvalue weighted by atomic mass is 16.5. The molecule has 2 atom stereocenters. The maximum absolute atomic E-state index is 12.5. The molecule has 0 radical (unpaired) electrons. The number of hydrogen-bond donors (Lipinski definition) is 0. The second-order valence-electron chi connectivity index (χ2n) is 8.56. The zero-order valence-electron chi connectivity index (χ0n) is 17.7. The van der Waals surface area contributed by atoms with Crippen molar-refractivity contribution in [1.82, 2.24) is 0 Å². The van der Waals surface area contributed by atoms with Gasteiger partial charge < -0.3 is 4.74 Å². The number of rotatable bonds is 9. The van der Waals surface area contributed by atoms with E-state index >= 15 is 0 Å². The molecule has 2 unspecified atom stereocenters. The van der Waals surface area contributed by atoms with Crippen LogP contribution in [0.3, 0.4) is 0 Å². The van der Waals surface area contributed by atoms with Crippen LogP contribution in [0.4, 0.5) is 0 Å². The van der Waals surface area contributed by atoms with Crippen LogP contribution in [0.15, 0.2) is 66.9 Å². The Morgan fingerprint density at radius 1 is 0.964 bits per heavy atom. The smallest absolute Gasteiger partial charge is 0.311 e. The van der Waals surface area contributed by atoms with Crippen LogP contribution >= 0.6 is 0 Å². The third-order valence-electron chi connectivity index (χ3n) is 5.52. The molecule has 0 aliphatic carbocycles. The van der Waals surface area contributed by atoms with Crippen molar-refractivity contribution < 1.29 is 9.53 Å². The zero-order chi connectivity index (χ0) is 20.4. The van der Waals surface area contributed by atoms with Crippen LogP contribution < -0.4 is 0 Å². The summed E-state index contributed by atoms with van der Waals surface area (Å²) in [6.07, 6.45) is 7.01. The summed E-state index contributed by atoms with van der Waals surface area (Å²) in [5.41, 5.74) is 2.52. The summed E-state index contributed by atoms with van der Waals surface area (Å²) in [7, 11) is 0. The van der Waals surface area contributed by atoms with Crippen LogP contribution in [-0.4, -0.2) is 5.97 Å². The van der Waals surface area contributed by atoms with Crippen molar-refractivity contribution in [2.45, 2.75) is 59.3 Å². The number of benzene rings is 2. The van der Waals surface area contributed by atoms with E-state index in [-0.39, 0.29) is 17.3 Å². The van der Waals surface area contributed by atoms with Crippen LogP contribution in [0.1, 0.15) is 70.4 Å².